The molecule has 1 unspecified atom stereocenters. The number of aryl methyl sites for hydroxylation is 1. The van der Waals surface area contributed by atoms with Crippen molar-refractivity contribution in [3.8, 4) is 5.75 Å². The number of methoxy groups -OCH3 is 1. The molecule has 1 atom stereocenters. The molecule has 0 saturated heterocycles. The molecule has 0 aliphatic rings. The second-order valence-electron chi connectivity index (χ2n) is 3.21. The summed E-state index contributed by atoms with van der Waals surface area (Å²) in [4.78, 5) is 0. The van der Waals surface area contributed by atoms with Gasteiger partial charge in [-0.2, -0.15) is 13.2 Å². The van der Waals surface area contributed by atoms with E-state index in [-0.39, 0.29) is 11.3 Å². The Kier molecular flexibility index (Phi) is 3.24. The molecule has 0 saturated carbocycles. The first-order valence-electron chi connectivity index (χ1n) is 4.33. The lowest BCUT2D eigenvalue weighted by atomic mass is 10.0. The Bertz CT molecular complexity index is 349. The molecule has 0 aliphatic heterocycles. The molecule has 2 N–H and O–H groups in total. The van der Waals surface area contributed by atoms with Crippen LogP contribution in [0.5, 0.6) is 5.75 Å². The third-order valence-electron chi connectivity index (χ3n) is 2.17. The average molecular weight is 219 g/mol. The number of nitrogens with two attached hydrogens (primary N) is 1. The first-order valence-corrected chi connectivity index (χ1v) is 4.33. The minimum atomic E-state index is -4.46. The van der Waals surface area contributed by atoms with Crippen LogP contribution in [0.2, 0.25) is 0 Å². The van der Waals surface area contributed by atoms with Crippen molar-refractivity contribution in [2.45, 2.75) is 19.1 Å². The molecule has 84 valence electrons. The average Bonchev–Trinajstić information content (AvgIpc) is 2.15. The van der Waals surface area contributed by atoms with Crippen molar-refractivity contribution in [1.29, 1.82) is 0 Å². The van der Waals surface area contributed by atoms with Gasteiger partial charge < -0.3 is 10.5 Å². The third-order valence-corrected chi connectivity index (χ3v) is 2.17. The number of hydrogen-bond acceptors (Lipinski definition) is 2. The van der Waals surface area contributed by atoms with Crippen LogP contribution in [0.3, 0.4) is 0 Å². The summed E-state index contributed by atoms with van der Waals surface area (Å²) in [7, 11) is 1.32. The summed E-state index contributed by atoms with van der Waals surface area (Å²) in [6.07, 6.45) is -4.46. The lowest BCUT2D eigenvalue weighted by molar-refractivity contribution is -0.149. The predicted octanol–water partition coefficient (Wildman–Crippen LogP) is 2.57. The molecule has 2 nitrogen and oxygen atoms in total. The van der Waals surface area contributed by atoms with Gasteiger partial charge in [0.15, 0.2) is 0 Å². The van der Waals surface area contributed by atoms with E-state index in [4.69, 9.17) is 10.5 Å². The van der Waals surface area contributed by atoms with Crippen LogP contribution in [0.25, 0.3) is 0 Å². The van der Waals surface area contributed by atoms with Gasteiger partial charge in [-0.1, -0.05) is 12.1 Å². The first kappa shape index (κ1) is 11.8. The second kappa shape index (κ2) is 4.10. The Balaban J connectivity index is 3.23. The van der Waals surface area contributed by atoms with Crippen LogP contribution in [-0.2, 0) is 0 Å². The quantitative estimate of drug-likeness (QED) is 0.829. The molecular formula is C10H12F3NO. The number of alkyl halides is 3. The molecule has 0 amide bonds. The Labute approximate surface area is 85.8 Å². The molecule has 0 aliphatic carbocycles. The van der Waals surface area contributed by atoms with E-state index in [1.54, 1.807) is 19.1 Å². The van der Waals surface area contributed by atoms with Crippen molar-refractivity contribution >= 4 is 0 Å². The Morgan fingerprint density at radius 3 is 2.40 bits per heavy atom. The number of hydrogen-bond donors (Lipinski definition) is 1. The molecule has 5 heteroatoms. The summed E-state index contributed by atoms with van der Waals surface area (Å²) in [5, 5.41) is 0. The standard InChI is InChI=1S/C10H12F3NO/c1-6-4-3-5-7(15-2)8(6)9(14)10(11,12)13/h3-5,9H,14H2,1-2H3. The molecule has 1 rings (SSSR count). The number of rotatable bonds is 2. The van der Waals surface area contributed by atoms with E-state index in [0.29, 0.717) is 5.56 Å². The molecule has 1 aromatic rings. The highest BCUT2D eigenvalue weighted by molar-refractivity contribution is 5.42. The van der Waals surface area contributed by atoms with E-state index in [1.165, 1.54) is 13.2 Å². The lowest BCUT2D eigenvalue weighted by Crippen LogP contribution is -2.29. The van der Waals surface area contributed by atoms with Crippen molar-refractivity contribution in [3.63, 3.8) is 0 Å². The predicted molar refractivity (Wildman–Crippen MR) is 50.7 cm³/mol. The summed E-state index contributed by atoms with van der Waals surface area (Å²) < 4.78 is 42.2. The minimum absolute atomic E-state index is 0.00694. The zero-order chi connectivity index (χ0) is 11.6. The molecule has 0 fully saturated rings. The monoisotopic (exact) mass is 219 g/mol. The van der Waals surface area contributed by atoms with E-state index in [9.17, 15) is 13.2 Å². The minimum Gasteiger partial charge on any atom is -0.496 e. The van der Waals surface area contributed by atoms with Gasteiger partial charge in [0.2, 0.25) is 0 Å². The summed E-state index contributed by atoms with van der Waals surface area (Å²) >= 11 is 0. The van der Waals surface area contributed by atoms with Crippen LogP contribution in [-0.4, -0.2) is 13.3 Å². The van der Waals surface area contributed by atoms with Gasteiger partial charge in [-0.25, -0.2) is 0 Å². The maximum Gasteiger partial charge on any atom is 0.407 e. The molecule has 0 radical (unpaired) electrons. The van der Waals surface area contributed by atoms with Crippen molar-refractivity contribution in [3.05, 3.63) is 29.3 Å². The smallest absolute Gasteiger partial charge is 0.407 e. The van der Waals surface area contributed by atoms with E-state index in [0.717, 1.165) is 0 Å². The van der Waals surface area contributed by atoms with Gasteiger partial charge in [-0.15, -0.1) is 0 Å². The second-order valence-corrected chi connectivity index (χ2v) is 3.21. The molecule has 0 heterocycles. The van der Waals surface area contributed by atoms with Crippen molar-refractivity contribution in [2.24, 2.45) is 5.73 Å². The summed E-state index contributed by atoms with van der Waals surface area (Å²) in [6, 6.07) is 2.66. The SMILES string of the molecule is COc1cccc(C)c1C(N)C(F)(F)F. The van der Waals surface area contributed by atoms with Crippen LogP contribution < -0.4 is 10.5 Å². The van der Waals surface area contributed by atoms with E-state index in [2.05, 4.69) is 0 Å². The Hall–Kier alpha value is -1.23. The Morgan fingerprint density at radius 1 is 1.33 bits per heavy atom. The van der Waals surface area contributed by atoms with Gasteiger partial charge in [0.25, 0.3) is 0 Å². The van der Waals surface area contributed by atoms with E-state index in [1.807, 2.05) is 0 Å². The van der Waals surface area contributed by atoms with Gasteiger partial charge in [0.1, 0.15) is 11.8 Å². The molecule has 15 heavy (non-hydrogen) atoms. The molecule has 0 spiro atoms. The largest absolute Gasteiger partial charge is 0.496 e. The van der Waals surface area contributed by atoms with Crippen LogP contribution in [0, 0.1) is 6.92 Å². The summed E-state index contributed by atoms with van der Waals surface area (Å²) in [5.74, 6) is 0.167. The zero-order valence-electron chi connectivity index (χ0n) is 8.43. The van der Waals surface area contributed by atoms with Gasteiger partial charge in [-0.3, -0.25) is 0 Å². The Morgan fingerprint density at radius 2 is 1.93 bits per heavy atom. The first-order chi connectivity index (χ1) is 6.88. The fourth-order valence-corrected chi connectivity index (χ4v) is 1.39. The van der Waals surface area contributed by atoms with Crippen LogP contribution in [0.15, 0.2) is 18.2 Å². The van der Waals surface area contributed by atoms with Crippen LogP contribution >= 0.6 is 0 Å². The highest BCUT2D eigenvalue weighted by Crippen LogP contribution is 2.36. The zero-order valence-corrected chi connectivity index (χ0v) is 8.43. The van der Waals surface area contributed by atoms with Crippen molar-refractivity contribution in [2.75, 3.05) is 7.11 Å². The highest BCUT2D eigenvalue weighted by atomic mass is 19.4. The maximum absolute atomic E-state index is 12.5. The van der Waals surface area contributed by atoms with Crippen molar-refractivity contribution in [1.82, 2.24) is 0 Å². The molecule has 0 aromatic heterocycles. The van der Waals surface area contributed by atoms with Crippen LogP contribution in [0.4, 0.5) is 13.2 Å². The third kappa shape index (κ3) is 2.41. The maximum atomic E-state index is 12.5. The number of benzene rings is 1. The van der Waals surface area contributed by atoms with Gasteiger partial charge in [0, 0.05) is 5.56 Å². The lowest BCUT2D eigenvalue weighted by Gasteiger charge is -2.20. The van der Waals surface area contributed by atoms with E-state index >= 15 is 0 Å². The molecule has 1 aromatic carbocycles. The fraction of sp³-hybridized carbons (Fsp3) is 0.400. The number of ether oxygens (including phenoxy) is 1. The van der Waals surface area contributed by atoms with Gasteiger partial charge in [-0.05, 0) is 18.6 Å². The summed E-state index contributed by atoms with van der Waals surface area (Å²) in [5.41, 5.74) is 5.61. The number of halogens is 3. The van der Waals surface area contributed by atoms with Gasteiger partial charge in [0.05, 0.1) is 7.11 Å². The topological polar surface area (TPSA) is 35.2 Å². The van der Waals surface area contributed by atoms with Crippen LogP contribution in [0.1, 0.15) is 17.2 Å². The molecule has 0 bridgehead atoms. The summed E-state index contributed by atoms with van der Waals surface area (Å²) in [6.45, 7) is 1.57. The molecular weight excluding hydrogens is 207 g/mol. The van der Waals surface area contributed by atoms with Crippen molar-refractivity contribution < 1.29 is 17.9 Å². The normalized spacial score (nSPS) is 13.7. The van der Waals surface area contributed by atoms with Gasteiger partial charge >= 0.3 is 6.18 Å². The highest BCUT2D eigenvalue weighted by Gasteiger charge is 2.40. The van der Waals surface area contributed by atoms with E-state index < -0.39 is 12.2 Å². The fourth-order valence-electron chi connectivity index (χ4n) is 1.39.